The lowest BCUT2D eigenvalue weighted by atomic mass is 9.12. The molecule has 0 amide bonds. The number of benzene rings is 6. The second kappa shape index (κ2) is 19.0. The van der Waals surface area contributed by atoms with Crippen molar-refractivity contribution in [2.45, 2.75) is 13.0 Å². The van der Waals surface area contributed by atoms with E-state index in [-0.39, 0.29) is 0 Å². The van der Waals surface area contributed by atoms with Crippen molar-refractivity contribution in [1.29, 1.82) is 0 Å². The Bertz CT molecular complexity index is 2790. The molecule has 0 unspecified atom stereocenters. The minimum absolute atomic E-state index is 0.306. The largest absolute Gasteiger partial charge is 0.478 e. The molecule has 25 heteroatoms. The molecule has 68 heavy (non-hydrogen) atoms. The fourth-order valence-corrected chi connectivity index (χ4v) is 7.40. The second-order valence-corrected chi connectivity index (χ2v) is 14.2. The predicted octanol–water partition coefficient (Wildman–Crippen LogP) is 8.55. The second-order valence-electron chi connectivity index (χ2n) is 14.2. The molecule has 1 aromatic heterocycles. The summed E-state index contributed by atoms with van der Waals surface area (Å²) in [6.07, 6.45) is -1.03. The molecule has 0 aliphatic heterocycles. The van der Waals surface area contributed by atoms with Gasteiger partial charge in [0.2, 0.25) is 5.69 Å². The SMILES string of the molecule is Fc1c(F)c(F)c([B-](c2c(F)c(F)c(F)c(F)c2F)(c2c(F)c(F)c(F)c(F)c2F)c2c(F)c(F)c(F)c(F)c2F)c(F)c1F.O=C(O)c1cccc(Cc2cncc[n+]2Cc2ccccc2)c1. The Morgan fingerprint density at radius 2 is 0.765 bits per heavy atom. The molecule has 6 aromatic carbocycles. The smallest absolute Gasteiger partial charge is 0.335 e. The molecule has 0 radical (unpaired) electrons. The average Bonchev–Trinajstić information content (AvgIpc) is 3.32. The van der Waals surface area contributed by atoms with Crippen LogP contribution in [0.2, 0.25) is 0 Å². The summed E-state index contributed by atoms with van der Waals surface area (Å²) in [6, 6.07) is 17.2. The number of carboxylic acid groups (broad SMARTS) is 1. The van der Waals surface area contributed by atoms with Crippen LogP contribution in [0.4, 0.5) is 87.8 Å². The van der Waals surface area contributed by atoms with Crippen LogP contribution >= 0.6 is 0 Å². The van der Waals surface area contributed by atoms with E-state index < -0.39 is 150 Å². The van der Waals surface area contributed by atoms with Gasteiger partial charge in [-0.3, -0.25) is 4.98 Å². The Kier molecular flexibility index (Phi) is 14.0. The number of halogens is 20. The van der Waals surface area contributed by atoms with E-state index in [4.69, 9.17) is 5.11 Å². The van der Waals surface area contributed by atoms with Gasteiger partial charge >= 0.3 is 5.97 Å². The molecule has 0 spiro atoms. The molecule has 0 fully saturated rings. The first-order valence-corrected chi connectivity index (χ1v) is 18.3. The maximum absolute atomic E-state index is 15.4. The number of hydrogen-bond donors (Lipinski definition) is 1. The number of aromatic carboxylic acids is 1. The molecular formula is C43H17BF20N2O2. The summed E-state index contributed by atoms with van der Waals surface area (Å²) in [7, 11) is 0. The monoisotopic (exact) mass is 984 g/mol. The summed E-state index contributed by atoms with van der Waals surface area (Å²) in [5.74, 6) is -72.3. The van der Waals surface area contributed by atoms with Gasteiger partial charge in [0.15, 0.2) is 82.5 Å². The summed E-state index contributed by atoms with van der Waals surface area (Å²) < 4.78 is 296. The molecule has 7 rings (SSSR count). The van der Waals surface area contributed by atoms with Gasteiger partial charge in [-0.05, 0) is 17.7 Å². The van der Waals surface area contributed by atoms with E-state index in [2.05, 4.69) is 21.7 Å². The lowest BCUT2D eigenvalue weighted by molar-refractivity contribution is -0.695. The lowest BCUT2D eigenvalue weighted by Crippen LogP contribution is -2.81. The summed E-state index contributed by atoms with van der Waals surface area (Å²) in [5, 5.41) is 9.11. The Morgan fingerprint density at radius 1 is 0.441 bits per heavy atom. The van der Waals surface area contributed by atoms with Gasteiger partial charge < -0.3 is 5.11 Å². The summed E-state index contributed by atoms with van der Waals surface area (Å²) >= 11 is 0. The van der Waals surface area contributed by atoms with Gasteiger partial charge in [-0.1, -0.05) is 42.5 Å². The molecule has 0 aliphatic carbocycles. The first-order valence-electron chi connectivity index (χ1n) is 18.3. The standard InChI is InChI=1S/C24BF20.C19H16N2O2/c26-5-1(6(27)14(35)21(42)13(5)34)25(2-7(28)15(36)22(43)16(37)8(2)29,3-9(30)17(38)23(44)18(39)10(3)31)4-11(32)19(40)24(45)20(41)12(4)33;22-19(23)17-8-4-7-16(11-17)12-18-13-20-9-10-21(18)14-15-5-2-1-3-6-15/h;1-11,13H,12,14H2/q-1;/p+1. The molecule has 4 nitrogen and oxygen atoms in total. The molecule has 0 aliphatic rings. The van der Waals surface area contributed by atoms with E-state index in [9.17, 15) is 57.5 Å². The van der Waals surface area contributed by atoms with Crippen molar-refractivity contribution in [3.05, 3.63) is 212 Å². The fraction of sp³-hybridized carbons (Fsp3) is 0.0465. The topological polar surface area (TPSA) is 54.1 Å². The summed E-state index contributed by atoms with van der Waals surface area (Å²) in [5.41, 5.74) is -10.8. The van der Waals surface area contributed by atoms with E-state index in [0.29, 0.717) is 12.0 Å². The van der Waals surface area contributed by atoms with Gasteiger partial charge in [0.25, 0.3) is 0 Å². The number of rotatable bonds is 9. The zero-order chi connectivity index (χ0) is 50.4. The normalized spacial score (nSPS) is 11.5. The highest BCUT2D eigenvalue weighted by Gasteiger charge is 2.52. The molecule has 0 atom stereocenters. The van der Waals surface area contributed by atoms with Crippen LogP contribution in [-0.4, -0.2) is 22.2 Å². The fourth-order valence-electron chi connectivity index (χ4n) is 7.40. The highest BCUT2D eigenvalue weighted by atomic mass is 19.2. The van der Waals surface area contributed by atoms with E-state index >= 15 is 35.1 Å². The Morgan fingerprint density at radius 3 is 1.10 bits per heavy atom. The quantitative estimate of drug-likeness (QED) is 0.0519. The maximum atomic E-state index is 15.4. The van der Waals surface area contributed by atoms with Crippen LogP contribution in [0.3, 0.4) is 0 Å². The first-order chi connectivity index (χ1) is 31.9. The van der Waals surface area contributed by atoms with Gasteiger partial charge in [0, 0.05) is 5.56 Å². The molecular weight excluding hydrogens is 967 g/mol. The Balaban J connectivity index is 0.000000276. The van der Waals surface area contributed by atoms with Gasteiger partial charge in [-0.2, -0.15) is 4.57 Å². The van der Waals surface area contributed by atoms with Gasteiger partial charge in [0.05, 0.1) is 24.4 Å². The molecule has 7 aromatic rings. The first kappa shape index (κ1) is 50.0. The zero-order valence-corrected chi connectivity index (χ0v) is 32.7. The maximum Gasteiger partial charge on any atom is 0.335 e. The predicted molar refractivity (Wildman–Crippen MR) is 195 cm³/mol. The number of carbonyl (C=O) groups is 1. The molecule has 0 saturated heterocycles. The Hall–Kier alpha value is -7.47. The van der Waals surface area contributed by atoms with E-state index in [1.807, 2.05) is 36.7 Å². The minimum atomic E-state index is -7.22. The number of nitrogens with zero attached hydrogens (tertiary/aromatic N) is 2. The number of hydrogen-bond acceptors (Lipinski definition) is 2. The molecule has 0 bridgehead atoms. The third-order valence-corrected chi connectivity index (χ3v) is 10.4. The van der Waals surface area contributed by atoms with E-state index in [1.165, 1.54) is 5.56 Å². The van der Waals surface area contributed by atoms with Crippen molar-refractivity contribution in [2.75, 3.05) is 0 Å². The van der Waals surface area contributed by atoms with Gasteiger partial charge in [-0.15, -0.1) is 21.9 Å². The Labute approximate surface area is 365 Å². The van der Waals surface area contributed by atoms with E-state index in [0.717, 1.165) is 17.8 Å². The van der Waals surface area contributed by atoms with Crippen LogP contribution < -0.4 is 26.4 Å². The highest BCUT2D eigenvalue weighted by molar-refractivity contribution is 7.20. The average molecular weight is 984 g/mol. The van der Waals surface area contributed by atoms with E-state index in [1.54, 1.807) is 24.4 Å². The van der Waals surface area contributed by atoms with Crippen LogP contribution in [-0.2, 0) is 13.0 Å². The van der Waals surface area contributed by atoms with Crippen LogP contribution in [0.1, 0.15) is 27.2 Å². The van der Waals surface area contributed by atoms with Crippen molar-refractivity contribution >= 4 is 34.0 Å². The third-order valence-electron chi connectivity index (χ3n) is 10.4. The van der Waals surface area contributed by atoms with Crippen LogP contribution in [0.5, 0.6) is 0 Å². The van der Waals surface area contributed by atoms with Gasteiger partial charge in [0.1, 0.15) is 52.7 Å². The van der Waals surface area contributed by atoms with Crippen molar-refractivity contribution in [3.8, 4) is 0 Å². The summed E-state index contributed by atoms with van der Waals surface area (Å²) in [6.45, 7) is 0.761. The highest BCUT2D eigenvalue weighted by Crippen LogP contribution is 2.31. The van der Waals surface area contributed by atoms with Crippen molar-refractivity contribution < 1.29 is 102 Å². The van der Waals surface area contributed by atoms with Crippen LogP contribution in [0.15, 0.2) is 73.2 Å². The number of carboxylic acids is 1. The molecule has 0 saturated carbocycles. The van der Waals surface area contributed by atoms with Crippen molar-refractivity contribution in [2.24, 2.45) is 0 Å². The molecule has 354 valence electrons. The van der Waals surface area contributed by atoms with Crippen molar-refractivity contribution in [3.63, 3.8) is 0 Å². The van der Waals surface area contributed by atoms with Crippen molar-refractivity contribution in [1.82, 2.24) is 4.98 Å². The molecule has 1 heterocycles. The number of aromatic nitrogens is 2. The van der Waals surface area contributed by atoms with Crippen LogP contribution in [0, 0.1) is 116 Å². The molecule has 1 N–H and O–H groups in total. The summed E-state index contributed by atoms with van der Waals surface area (Å²) in [4.78, 5) is 15.3. The zero-order valence-electron chi connectivity index (χ0n) is 32.7. The van der Waals surface area contributed by atoms with Gasteiger partial charge in [-0.25, -0.2) is 92.6 Å². The third kappa shape index (κ3) is 8.22. The lowest BCUT2D eigenvalue weighted by Gasteiger charge is -2.44. The van der Waals surface area contributed by atoms with Crippen LogP contribution in [0.25, 0.3) is 0 Å². The minimum Gasteiger partial charge on any atom is -0.478 e.